The Bertz CT molecular complexity index is 876. The van der Waals surface area contributed by atoms with Crippen LogP contribution in [0.1, 0.15) is 155 Å². The minimum atomic E-state index is -4.34. The molecule has 0 saturated heterocycles. The monoisotopic (exact) mass is 683 g/mol. The van der Waals surface area contributed by atoms with Crippen LogP contribution in [0.25, 0.3) is 0 Å². The summed E-state index contributed by atoms with van der Waals surface area (Å²) in [6, 6.07) is -0.886. The third-order valence-corrected chi connectivity index (χ3v) is 8.84. The highest BCUT2D eigenvalue weighted by atomic mass is 31.2. The number of allylic oxidation sites excluding steroid dienone is 7. The molecule has 0 rings (SSSR count). The van der Waals surface area contributed by atoms with E-state index < -0.39 is 20.0 Å². The third-order valence-electron chi connectivity index (χ3n) is 7.85. The number of aliphatic hydroxyl groups excluding tert-OH is 1. The van der Waals surface area contributed by atoms with Crippen LogP contribution >= 0.6 is 7.82 Å². The zero-order valence-corrected chi connectivity index (χ0v) is 30.9. The molecule has 1 amide bonds. The van der Waals surface area contributed by atoms with Gasteiger partial charge >= 0.3 is 7.82 Å². The van der Waals surface area contributed by atoms with E-state index in [-0.39, 0.29) is 25.7 Å². The van der Waals surface area contributed by atoms with Gasteiger partial charge in [-0.3, -0.25) is 13.8 Å². The summed E-state index contributed by atoms with van der Waals surface area (Å²) in [5.74, 6) is -0.221. The molecule has 0 spiro atoms. The largest absolute Gasteiger partial charge is 0.472 e. The molecular formula is C38H71N2O6P. The first-order chi connectivity index (χ1) is 22.9. The standard InChI is InChI=1S/C38H71N2O6P/c1-3-5-7-9-11-13-15-17-18-19-20-22-24-26-28-30-32-38(42)40-36(35-46-47(43,44)45-34-33-39)37(41)31-29-27-25-23-21-16-14-12-10-8-6-4-2/h10,12,18-19,21,23,29,31,36-37,41H,3-9,11,13-17,20,22,24-28,30,32-35,39H2,1-2H3,(H,40,42)(H,43,44)/b12-10+,19-18-,23-21+,31-29+. The molecular weight excluding hydrogens is 611 g/mol. The number of nitrogens with one attached hydrogen (secondary N) is 1. The second kappa shape index (κ2) is 34.3. The number of unbranched alkanes of at least 4 members (excludes halogenated alkanes) is 16. The van der Waals surface area contributed by atoms with Gasteiger partial charge in [-0.2, -0.15) is 0 Å². The second-order valence-corrected chi connectivity index (χ2v) is 13.9. The lowest BCUT2D eigenvalue weighted by Crippen LogP contribution is -2.45. The van der Waals surface area contributed by atoms with Crippen molar-refractivity contribution in [1.82, 2.24) is 5.32 Å². The molecule has 8 nitrogen and oxygen atoms in total. The number of aliphatic hydroxyl groups is 1. The van der Waals surface area contributed by atoms with Crippen LogP contribution < -0.4 is 11.1 Å². The van der Waals surface area contributed by atoms with E-state index in [4.69, 9.17) is 14.8 Å². The molecule has 47 heavy (non-hydrogen) atoms. The molecule has 9 heteroatoms. The van der Waals surface area contributed by atoms with Crippen LogP contribution in [0.5, 0.6) is 0 Å². The normalized spacial score (nSPS) is 14.9. The van der Waals surface area contributed by atoms with E-state index in [1.54, 1.807) is 6.08 Å². The number of hydrogen-bond acceptors (Lipinski definition) is 6. The second-order valence-electron chi connectivity index (χ2n) is 12.4. The fraction of sp³-hybridized carbons (Fsp3) is 0.763. The number of rotatable bonds is 34. The Kier molecular flexibility index (Phi) is 33.2. The predicted octanol–water partition coefficient (Wildman–Crippen LogP) is 9.77. The van der Waals surface area contributed by atoms with Crippen molar-refractivity contribution < 1.29 is 28.4 Å². The van der Waals surface area contributed by atoms with Crippen molar-refractivity contribution in [3.05, 3.63) is 48.6 Å². The highest BCUT2D eigenvalue weighted by Gasteiger charge is 2.26. The summed E-state index contributed by atoms with van der Waals surface area (Å²) in [5, 5.41) is 13.5. The first-order valence-electron chi connectivity index (χ1n) is 18.8. The van der Waals surface area contributed by atoms with E-state index in [9.17, 15) is 19.4 Å². The number of amides is 1. The summed E-state index contributed by atoms with van der Waals surface area (Å²) in [6.45, 7) is 4.02. The van der Waals surface area contributed by atoms with Crippen molar-refractivity contribution in [3.8, 4) is 0 Å². The van der Waals surface area contributed by atoms with E-state index in [0.717, 1.165) is 70.6 Å². The summed E-state index contributed by atoms with van der Waals surface area (Å²) < 4.78 is 22.0. The molecule has 0 saturated carbocycles. The van der Waals surface area contributed by atoms with Crippen molar-refractivity contribution in [2.24, 2.45) is 5.73 Å². The fourth-order valence-electron chi connectivity index (χ4n) is 4.97. The third kappa shape index (κ3) is 32.8. The Morgan fingerprint density at radius 2 is 1.15 bits per heavy atom. The Hall–Kier alpha value is -1.54. The van der Waals surface area contributed by atoms with Gasteiger partial charge in [0.2, 0.25) is 5.91 Å². The van der Waals surface area contributed by atoms with Crippen LogP contribution in [0.3, 0.4) is 0 Å². The molecule has 0 aromatic carbocycles. The molecule has 3 atom stereocenters. The Labute approximate surface area is 288 Å². The fourth-order valence-corrected chi connectivity index (χ4v) is 5.73. The van der Waals surface area contributed by atoms with Crippen LogP contribution in [-0.4, -0.2) is 47.8 Å². The van der Waals surface area contributed by atoms with Gasteiger partial charge in [-0.1, -0.05) is 133 Å². The van der Waals surface area contributed by atoms with E-state index in [1.165, 1.54) is 64.2 Å². The number of phosphoric acid groups is 1. The molecule has 0 aromatic heterocycles. The maximum Gasteiger partial charge on any atom is 0.472 e. The van der Waals surface area contributed by atoms with Crippen molar-refractivity contribution in [2.45, 2.75) is 167 Å². The lowest BCUT2D eigenvalue weighted by atomic mass is 10.1. The Morgan fingerprint density at radius 3 is 1.70 bits per heavy atom. The molecule has 0 heterocycles. The van der Waals surface area contributed by atoms with Crippen LogP contribution in [0, 0.1) is 0 Å². The van der Waals surface area contributed by atoms with Gasteiger partial charge in [0, 0.05) is 13.0 Å². The number of phosphoric ester groups is 1. The van der Waals surface area contributed by atoms with E-state index in [1.807, 2.05) is 6.08 Å². The Morgan fingerprint density at radius 1 is 0.681 bits per heavy atom. The zero-order chi connectivity index (χ0) is 34.7. The highest BCUT2D eigenvalue weighted by Crippen LogP contribution is 2.43. The number of nitrogens with two attached hydrogens (primary N) is 1. The van der Waals surface area contributed by atoms with Gasteiger partial charge in [-0.25, -0.2) is 4.57 Å². The van der Waals surface area contributed by atoms with E-state index in [0.29, 0.717) is 6.42 Å². The van der Waals surface area contributed by atoms with Crippen LogP contribution in [-0.2, 0) is 18.4 Å². The van der Waals surface area contributed by atoms with Gasteiger partial charge < -0.3 is 21.1 Å². The SMILES string of the molecule is CCCC/C=C/CC/C=C/CC/C=C/C(O)C(COP(=O)(O)OCCN)NC(=O)CCCCCCC/C=C\CCCCCCCCC. The molecule has 0 bridgehead atoms. The molecule has 0 radical (unpaired) electrons. The van der Waals surface area contributed by atoms with Gasteiger partial charge in [0.05, 0.1) is 25.4 Å². The molecule has 274 valence electrons. The quantitative estimate of drug-likeness (QED) is 0.0302. The molecule has 0 aliphatic rings. The van der Waals surface area contributed by atoms with Gasteiger partial charge in [0.25, 0.3) is 0 Å². The van der Waals surface area contributed by atoms with Crippen molar-refractivity contribution >= 4 is 13.7 Å². The first kappa shape index (κ1) is 45.5. The van der Waals surface area contributed by atoms with Crippen molar-refractivity contribution in [2.75, 3.05) is 19.8 Å². The predicted molar refractivity (Wildman–Crippen MR) is 198 cm³/mol. The lowest BCUT2D eigenvalue weighted by molar-refractivity contribution is -0.123. The molecule has 0 aromatic rings. The van der Waals surface area contributed by atoms with Gasteiger partial charge in [0.1, 0.15) is 0 Å². The highest BCUT2D eigenvalue weighted by molar-refractivity contribution is 7.47. The summed E-state index contributed by atoms with van der Waals surface area (Å²) in [5.41, 5.74) is 5.34. The van der Waals surface area contributed by atoms with Crippen LogP contribution in [0.15, 0.2) is 48.6 Å². The Balaban J connectivity index is 4.38. The average Bonchev–Trinajstić information content (AvgIpc) is 3.05. The summed E-state index contributed by atoms with van der Waals surface area (Å²) in [4.78, 5) is 22.6. The number of hydrogen-bond donors (Lipinski definition) is 4. The zero-order valence-electron chi connectivity index (χ0n) is 30.0. The smallest absolute Gasteiger partial charge is 0.387 e. The van der Waals surface area contributed by atoms with E-state index in [2.05, 4.69) is 55.6 Å². The van der Waals surface area contributed by atoms with Gasteiger partial charge in [-0.15, -0.1) is 0 Å². The maximum atomic E-state index is 12.7. The molecule has 5 N–H and O–H groups in total. The lowest BCUT2D eigenvalue weighted by Gasteiger charge is -2.23. The van der Waals surface area contributed by atoms with Gasteiger partial charge in [-0.05, 0) is 64.2 Å². The molecule has 0 aliphatic heterocycles. The minimum Gasteiger partial charge on any atom is -0.387 e. The minimum absolute atomic E-state index is 0.0690. The van der Waals surface area contributed by atoms with E-state index >= 15 is 0 Å². The summed E-state index contributed by atoms with van der Waals surface area (Å²) in [7, 11) is -4.34. The first-order valence-corrected chi connectivity index (χ1v) is 20.3. The number of carbonyl (C=O) groups excluding carboxylic acids is 1. The summed E-state index contributed by atoms with van der Waals surface area (Å²) >= 11 is 0. The van der Waals surface area contributed by atoms with Crippen molar-refractivity contribution in [1.29, 1.82) is 0 Å². The summed E-state index contributed by atoms with van der Waals surface area (Å²) in [6.07, 6.45) is 40.1. The molecule has 3 unspecified atom stereocenters. The van der Waals surface area contributed by atoms with Crippen LogP contribution in [0.4, 0.5) is 0 Å². The van der Waals surface area contributed by atoms with Crippen LogP contribution in [0.2, 0.25) is 0 Å². The van der Waals surface area contributed by atoms with Crippen molar-refractivity contribution in [3.63, 3.8) is 0 Å². The molecule has 0 fully saturated rings. The van der Waals surface area contributed by atoms with Gasteiger partial charge in [0.15, 0.2) is 0 Å². The maximum absolute atomic E-state index is 12.7. The number of carbonyl (C=O) groups is 1. The topological polar surface area (TPSA) is 131 Å². The average molecular weight is 683 g/mol. The molecule has 0 aliphatic carbocycles.